The Labute approximate surface area is 109 Å². The summed E-state index contributed by atoms with van der Waals surface area (Å²) in [6.45, 7) is 2.09. The number of fused-ring (bicyclic) bond motifs is 1. The fraction of sp³-hybridized carbons (Fsp3) is 0.214. The number of carbonyl (C=O) groups is 2. The highest BCUT2D eigenvalue weighted by molar-refractivity contribution is 6.12. The Bertz CT molecular complexity index is 660. The number of carbonyl (C=O) groups excluding carboxylic acids is 2. The van der Waals surface area contributed by atoms with Gasteiger partial charge in [0.25, 0.3) is 5.91 Å². The quantitative estimate of drug-likeness (QED) is 0.784. The molecule has 0 unspecified atom stereocenters. The highest BCUT2D eigenvalue weighted by atomic mass is 16.3. The SMILES string of the molecule is Cc1ncoc1C(=O)N1CCC(=O)c2ccccc21. The summed E-state index contributed by atoms with van der Waals surface area (Å²) in [4.78, 5) is 29.8. The van der Waals surface area contributed by atoms with Crippen molar-refractivity contribution in [3.63, 3.8) is 0 Å². The molecule has 2 heterocycles. The van der Waals surface area contributed by atoms with Gasteiger partial charge in [-0.05, 0) is 19.1 Å². The fourth-order valence-electron chi connectivity index (χ4n) is 2.25. The first-order valence-corrected chi connectivity index (χ1v) is 6.02. The first-order chi connectivity index (χ1) is 9.18. The van der Waals surface area contributed by atoms with E-state index in [4.69, 9.17) is 4.42 Å². The Balaban J connectivity index is 2.04. The molecule has 3 rings (SSSR count). The lowest BCUT2D eigenvalue weighted by molar-refractivity contribution is 0.0938. The summed E-state index contributed by atoms with van der Waals surface area (Å²) in [5.41, 5.74) is 1.78. The van der Waals surface area contributed by atoms with Crippen molar-refractivity contribution in [2.45, 2.75) is 13.3 Å². The van der Waals surface area contributed by atoms with Crippen LogP contribution in [-0.4, -0.2) is 23.2 Å². The van der Waals surface area contributed by atoms with Crippen LogP contribution in [0.1, 0.15) is 33.0 Å². The summed E-state index contributed by atoms with van der Waals surface area (Å²) < 4.78 is 5.13. The van der Waals surface area contributed by atoms with E-state index in [1.54, 1.807) is 30.0 Å². The first-order valence-electron chi connectivity index (χ1n) is 6.02. The molecule has 19 heavy (non-hydrogen) atoms. The van der Waals surface area contributed by atoms with E-state index < -0.39 is 0 Å². The van der Waals surface area contributed by atoms with Crippen LogP contribution in [0.15, 0.2) is 35.1 Å². The number of aromatic nitrogens is 1. The van der Waals surface area contributed by atoms with Gasteiger partial charge in [-0.3, -0.25) is 9.59 Å². The zero-order valence-corrected chi connectivity index (χ0v) is 10.4. The number of aryl methyl sites for hydroxylation is 1. The van der Waals surface area contributed by atoms with E-state index in [2.05, 4.69) is 4.98 Å². The van der Waals surface area contributed by atoms with Gasteiger partial charge in [-0.25, -0.2) is 4.98 Å². The van der Waals surface area contributed by atoms with Crippen LogP contribution in [-0.2, 0) is 0 Å². The Morgan fingerprint density at radius 3 is 2.89 bits per heavy atom. The van der Waals surface area contributed by atoms with Crippen molar-refractivity contribution in [2.75, 3.05) is 11.4 Å². The van der Waals surface area contributed by atoms with Gasteiger partial charge >= 0.3 is 0 Å². The van der Waals surface area contributed by atoms with Gasteiger partial charge in [0.2, 0.25) is 5.76 Å². The third kappa shape index (κ3) is 1.83. The maximum atomic E-state index is 12.4. The third-order valence-electron chi connectivity index (χ3n) is 3.24. The van der Waals surface area contributed by atoms with E-state index in [1.807, 2.05) is 6.07 Å². The van der Waals surface area contributed by atoms with E-state index in [-0.39, 0.29) is 17.5 Å². The molecule has 1 amide bonds. The zero-order chi connectivity index (χ0) is 13.4. The molecule has 2 aromatic rings. The van der Waals surface area contributed by atoms with Crippen LogP contribution >= 0.6 is 0 Å². The molecule has 96 valence electrons. The molecule has 0 radical (unpaired) electrons. The van der Waals surface area contributed by atoms with Crippen LogP contribution in [0.5, 0.6) is 0 Å². The summed E-state index contributed by atoms with van der Waals surface area (Å²) in [5, 5.41) is 0. The Morgan fingerprint density at radius 2 is 2.16 bits per heavy atom. The number of oxazole rings is 1. The van der Waals surface area contributed by atoms with Gasteiger partial charge in [-0.2, -0.15) is 0 Å². The minimum atomic E-state index is -0.255. The van der Waals surface area contributed by atoms with Gasteiger partial charge in [0.05, 0.1) is 11.4 Å². The Morgan fingerprint density at radius 1 is 1.37 bits per heavy atom. The van der Waals surface area contributed by atoms with Crippen LogP contribution in [0.3, 0.4) is 0 Å². The van der Waals surface area contributed by atoms with Gasteiger partial charge in [-0.15, -0.1) is 0 Å². The number of para-hydroxylation sites is 1. The number of hydrogen-bond acceptors (Lipinski definition) is 4. The average Bonchev–Trinajstić information content (AvgIpc) is 2.85. The minimum Gasteiger partial charge on any atom is -0.438 e. The number of anilines is 1. The van der Waals surface area contributed by atoms with Crippen LogP contribution < -0.4 is 4.90 Å². The summed E-state index contributed by atoms with van der Waals surface area (Å²) in [6, 6.07) is 7.12. The highest BCUT2D eigenvalue weighted by Crippen LogP contribution is 2.28. The molecule has 0 atom stereocenters. The lowest BCUT2D eigenvalue weighted by Crippen LogP contribution is -2.37. The van der Waals surface area contributed by atoms with Gasteiger partial charge in [0.15, 0.2) is 12.2 Å². The molecule has 0 saturated heterocycles. The molecule has 0 fully saturated rings. The largest absolute Gasteiger partial charge is 0.438 e. The predicted octanol–water partition coefficient (Wildman–Crippen LogP) is 2.22. The van der Waals surface area contributed by atoms with E-state index in [0.29, 0.717) is 29.9 Å². The second-order valence-electron chi connectivity index (χ2n) is 4.41. The molecule has 1 aliphatic heterocycles. The molecule has 0 N–H and O–H groups in total. The fourth-order valence-corrected chi connectivity index (χ4v) is 2.25. The molecule has 0 saturated carbocycles. The van der Waals surface area contributed by atoms with Crippen molar-refractivity contribution in [1.82, 2.24) is 4.98 Å². The topological polar surface area (TPSA) is 63.4 Å². The highest BCUT2D eigenvalue weighted by Gasteiger charge is 2.29. The Kier molecular flexibility index (Phi) is 2.67. The molecule has 0 aliphatic carbocycles. The molecular formula is C14H12N2O3. The summed E-state index contributed by atoms with van der Waals surface area (Å²) in [7, 11) is 0. The van der Waals surface area contributed by atoms with Crippen LogP contribution in [0.4, 0.5) is 5.69 Å². The van der Waals surface area contributed by atoms with Crippen molar-refractivity contribution in [3.8, 4) is 0 Å². The van der Waals surface area contributed by atoms with Crippen LogP contribution in [0.2, 0.25) is 0 Å². The molecule has 0 bridgehead atoms. The molecular weight excluding hydrogens is 244 g/mol. The molecule has 5 heteroatoms. The summed E-state index contributed by atoms with van der Waals surface area (Å²) in [6.07, 6.45) is 1.58. The van der Waals surface area contributed by atoms with Crippen molar-refractivity contribution in [1.29, 1.82) is 0 Å². The number of amides is 1. The van der Waals surface area contributed by atoms with E-state index in [9.17, 15) is 9.59 Å². The van der Waals surface area contributed by atoms with Crippen LogP contribution in [0.25, 0.3) is 0 Å². The van der Waals surface area contributed by atoms with Crippen molar-refractivity contribution in [2.24, 2.45) is 0 Å². The molecule has 1 aliphatic rings. The maximum Gasteiger partial charge on any atom is 0.296 e. The average molecular weight is 256 g/mol. The normalized spacial score (nSPS) is 14.4. The summed E-state index contributed by atoms with van der Waals surface area (Å²) in [5.74, 6) is 0.0352. The lowest BCUT2D eigenvalue weighted by atomic mass is 10.00. The number of nitrogens with zero attached hydrogens (tertiary/aromatic N) is 2. The second-order valence-corrected chi connectivity index (χ2v) is 4.41. The summed E-state index contributed by atoms with van der Waals surface area (Å²) >= 11 is 0. The minimum absolute atomic E-state index is 0.0638. The van der Waals surface area contributed by atoms with Crippen molar-refractivity contribution in [3.05, 3.63) is 47.7 Å². The number of hydrogen-bond donors (Lipinski definition) is 0. The first kappa shape index (κ1) is 11.6. The van der Waals surface area contributed by atoms with Crippen LogP contribution in [0, 0.1) is 6.92 Å². The monoisotopic (exact) mass is 256 g/mol. The lowest BCUT2D eigenvalue weighted by Gasteiger charge is -2.27. The van der Waals surface area contributed by atoms with Gasteiger partial charge < -0.3 is 9.32 Å². The second kappa shape index (κ2) is 4.35. The number of ketones is 1. The van der Waals surface area contributed by atoms with Crippen molar-refractivity contribution >= 4 is 17.4 Å². The van der Waals surface area contributed by atoms with Gasteiger partial charge in [-0.1, -0.05) is 12.1 Å². The van der Waals surface area contributed by atoms with Crippen molar-refractivity contribution < 1.29 is 14.0 Å². The standard InChI is InChI=1S/C14H12N2O3/c1-9-13(19-8-15-9)14(18)16-7-6-12(17)10-4-2-3-5-11(10)16/h2-5,8H,6-7H2,1H3. The van der Waals surface area contributed by atoms with E-state index in [1.165, 1.54) is 6.39 Å². The molecule has 1 aromatic heterocycles. The zero-order valence-electron chi connectivity index (χ0n) is 10.4. The number of Topliss-reactive ketones (excluding diaryl/α,β-unsaturated/α-hetero) is 1. The smallest absolute Gasteiger partial charge is 0.296 e. The number of rotatable bonds is 1. The molecule has 1 aromatic carbocycles. The molecule has 5 nitrogen and oxygen atoms in total. The van der Waals surface area contributed by atoms with Gasteiger partial charge in [0.1, 0.15) is 0 Å². The van der Waals surface area contributed by atoms with E-state index in [0.717, 1.165) is 0 Å². The maximum absolute atomic E-state index is 12.4. The molecule has 0 spiro atoms. The predicted molar refractivity (Wildman–Crippen MR) is 68.3 cm³/mol. The third-order valence-corrected chi connectivity index (χ3v) is 3.24. The van der Waals surface area contributed by atoms with Gasteiger partial charge in [0, 0.05) is 18.5 Å². The Hall–Kier alpha value is -2.43. The van der Waals surface area contributed by atoms with E-state index >= 15 is 0 Å². The number of benzene rings is 1.